The van der Waals surface area contributed by atoms with Crippen LogP contribution < -0.4 is 10.6 Å². The quantitative estimate of drug-likeness (QED) is 0.623. The van der Waals surface area contributed by atoms with E-state index in [4.69, 9.17) is 11.6 Å². The monoisotopic (exact) mass is 393 g/mol. The first kappa shape index (κ1) is 20.6. The molecule has 0 spiro atoms. The highest BCUT2D eigenvalue weighted by Crippen LogP contribution is 2.22. The molecule has 0 aliphatic heterocycles. The third kappa shape index (κ3) is 7.81. The van der Waals surface area contributed by atoms with Gasteiger partial charge in [-0.1, -0.05) is 77.0 Å². The Morgan fingerprint density at radius 2 is 0.852 bits per heavy atom. The molecule has 0 atom stereocenters. The van der Waals surface area contributed by atoms with Crippen molar-refractivity contribution in [2.45, 2.75) is 115 Å². The maximum absolute atomic E-state index is 6.21. The topological polar surface area (TPSA) is 62.7 Å². The lowest BCUT2D eigenvalue weighted by Crippen LogP contribution is -2.24. The van der Waals surface area contributed by atoms with Crippen LogP contribution in [-0.4, -0.2) is 27.0 Å². The minimum absolute atomic E-state index is 0.278. The second kappa shape index (κ2) is 11.7. The standard InChI is InChI=1S/C21H36ClN5/c22-19-25-20(23-17-13-9-5-2-1-3-6-10-14-17)27-21(26-19)24-18-15-11-7-4-8-12-16-18/h17-18H,1-16H2,(H2,23,24,25,26,27). The highest BCUT2D eigenvalue weighted by Gasteiger charge is 2.16. The van der Waals surface area contributed by atoms with E-state index >= 15 is 0 Å². The molecule has 0 amide bonds. The molecule has 2 N–H and O–H groups in total. The summed E-state index contributed by atoms with van der Waals surface area (Å²) >= 11 is 6.21. The van der Waals surface area contributed by atoms with Crippen molar-refractivity contribution in [2.24, 2.45) is 0 Å². The molecule has 5 nitrogen and oxygen atoms in total. The molecule has 0 radical (unpaired) electrons. The molecular formula is C21H36ClN5. The lowest BCUT2D eigenvalue weighted by Gasteiger charge is -2.22. The predicted octanol–water partition coefficient (Wildman–Crippen LogP) is 6.35. The van der Waals surface area contributed by atoms with Gasteiger partial charge in [-0.25, -0.2) is 0 Å². The van der Waals surface area contributed by atoms with Crippen LogP contribution >= 0.6 is 11.6 Å². The van der Waals surface area contributed by atoms with Crippen molar-refractivity contribution in [3.63, 3.8) is 0 Å². The van der Waals surface area contributed by atoms with Crippen molar-refractivity contribution in [3.05, 3.63) is 5.28 Å². The van der Waals surface area contributed by atoms with Gasteiger partial charge in [0.2, 0.25) is 17.2 Å². The van der Waals surface area contributed by atoms with Gasteiger partial charge >= 0.3 is 0 Å². The third-order valence-electron chi connectivity index (χ3n) is 5.98. The zero-order valence-electron chi connectivity index (χ0n) is 16.7. The fraction of sp³-hybridized carbons (Fsp3) is 0.857. The van der Waals surface area contributed by atoms with E-state index in [9.17, 15) is 0 Å². The second-order valence-electron chi connectivity index (χ2n) is 8.33. The number of nitrogens with one attached hydrogen (secondary N) is 2. The van der Waals surface area contributed by atoms with Crippen molar-refractivity contribution in [2.75, 3.05) is 10.6 Å². The van der Waals surface area contributed by atoms with E-state index in [-0.39, 0.29) is 5.28 Å². The molecule has 2 fully saturated rings. The summed E-state index contributed by atoms with van der Waals surface area (Å²) in [7, 11) is 0. The van der Waals surface area contributed by atoms with Crippen LogP contribution in [0.1, 0.15) is 103 Å². The van der Waals surface area contributed by atoms with Gasteiger partial charge in [-0.15, -0.1) is 0 Å². The van der Waals surface area contributed by atoms with Crippen LogP contribution in [0.2, 0.25) is 5.28 Å². The molecule has 2 aliphatic rings. The van der Waals surface area contributed by atoms with E-state index in [2.05, 4.69) is 25.6 Å². The van der Waals surface area contributed by atoms with Gasteiger partial charge in [-0.05, 0) is 37.3 Å². The zero-order valence-corrected chi connectivity index (χ0v) is 17.4. The van der Waals surface area contributed by atoms with Crippen LogP contribution in [0.5, 0.6) is 0 Å². The summed E-state index contributed by atoms with van der Waals surface area (Å²) in [4.78, 5) is 13.3. The second-order valence-corrected chi connectivity index (χ2v) is 8.67. The Hall–Kier alpha value is -1.10. The highest BCUT2D eigenvalue weighted by atomic mass is 35.5. The fourth-order valence-corrected chi connectivity index (χ4v) is 4.56. The van der Waals surface area contributed by atoms with Gasteiger partial charge in [-0.2, -0.15) is 15.0 Å². The largest absolute Gasteiger partial charge is 0.351 e. The molecule has 1 heterocycles. The summed E-state index contributed by atoms with van der Waals surface area (Å²) in [6, 6.07) is 0.890. The maximum atomic E-state index is 6.21. The van der Waals surface area contributed by atoms with Gasteiger partial charge in [0.15, 0.2) is 0 Å². The van der Waals surface area contributed by atoms with Crippen molar-refractivity contribution in [1.29, 1.82) is 0 Å². The van der Waals surface area contributed by atoms with Crippen LogP contribution in [0.3, 0.4) is 0 Å². The Kier molecular flexibility index (Phi) is 8.92. The highest BCUT2D eigenvalue weighted by molar-refractivity contribution is 6.28. The summed E-state index contributed by atoms with van der Waals surface area (Å²) in [5, 5.41) is 7.35. The first-order valence-corrected chi connectivity index (χ1v) is 11.6. The predicted molar refractivity (Wildman–Crippen MR) is 114 cm³/mol. The van der Waals surface area contributed by atoms with E-state index < -0.39 is 0 Å². The third-order valence-corrected chi connectivity index (χ3v) is 6.15. The van der Waals surface area contributed by atoms with E-state index in [1.165, 1.54) is 103 Å². The molecular weight excluding hydrogens is 358 g/mol. The molecule has 6 heteroatoms. The number of rotatable bonds is 4. The summed E-state index contributed by atoms with van der Waals surface area (Å²) in [5.74, 6) is 1.26. The van der Waals surface area contributed by atoms with Gasteiger partial charge in [0, 0.05) is 12.1 Å². The molecule has 1 aromatic heterocycles. The van der Waals surface area contributed by atoms with Crippen LogP contribution in [0.25, 0.3) is 0 Å². The molecule has 1 aromatic rings. The van der Waals surface area contributed by atoms with Crippen LogP contribution in [0, 0.1) is 0 Å². The number of nitrogens with zero attached hydrogens (tertiary/aromatic N) is 3. The van der Waals surface area contributed by atoms with E-state index in [0.29, 0.717) is 24.0 Å². The molecule has 27 heavy (non-hydrogen) atoms. The Bertz CT molecular complexity index is 535. The van der Waals surface area contributed by atoms with Gasteiger partial charge in [-0.3, -0.25) is 0 Å². The Morgan fingerprint density at radius 1 is 0.519 bits per heavy atom. The zero-order chi connectivity index (χ0) is 18.7. The summed E-state index contributed by atoms with van der Waals surface area (Å²) in [6.07, 6.45) is 20.8. The molecule has 2 saturated carbocycles. The first-order chi connectivity index (χ1) is 13.3. The van der Waals surface area contributed by atoms with Crippen molar-refractivity contribution in [1.82, 2.24) is 15.0 Å². The first-order valence-electron chi connectivity index (χ1n) is 11.2. The van der Waals surface area contributed by atoms with E-state index in [0.717, 1.165) is 0 Å². The van der Waals surface area contributed by atoms with Gasteiger partial charge < -0.3 is 10.6 Å². The minimum atomic E-state index is 0.278. The summed E-state index contributed by atoms with van der Waals surface area (Å²) in [5.41, 5.74) is 0. The molecule has 3 rings (SSSR count). The van der Waals surface area contributed by atoms with Crippen LogP contribution in [0.15, 0.2) is 0 Å². The Morgan fingerprint density at radius 3 is 1.22 bits per heavy atom. The van der Waals surface area contributed by atoms with Gasteiger partial charge in [0.05, 0.1) is 0 Å². The van der Waals surface area contributed by atoms with Crippen molar-refractivity contribution in [3.8, 4) is 0 Å². The average Bonchev–Trinajstić information content (AvgIpc) is 2.62. The fourth-order valence-electron chi connectivity index (χ4n) is 4.40. The molecule has 152 valence electrons. The number of halogens is 1. The van der Waals surface area contributed by atoms with Crippen molar-refractivity contribution < 1.29 is 0 Å². The number of anilines is 2. The Balaban J connectivity index is 1.59. The molecule has 0 unspecified atom stereocenters. The SMILES string of the molecule is Clc1nc(NC2CCCCCCCCC2)nc(NC2CCCCCCC2)n1. The molecule has 0 bridgehead atoms. The normalized spacial score (nSPS) is 21.8. The molecule has 2 aliphatic carbocycles. The van der Waals surface area contributed by atoms with E-state index in [1.807, 2.05) is 0 Å². The molecule has 0 aromatic carbocycles. The number of hydrogen-bond acceptors (Lipinski definition) is 5. The lowest BCUT2D eigenvalue weighted by molar-refractivity contribution is 0.469. The van der Waals surface area contributed by atoms with Crippen molar-refractivity contribution >= 4 is 23.5 Å². The average molecular weight is 394 g/mol. The summed E-state index contributed by atoms with van der Waals surface area (Å²) in [6.45, 7) is 0. The van der Waals surface area contributed by atoms with Crippen LogP contribution in [0.4, 0.5) is 11.9 Å². The van der Waals surface area contributed by atoms with Crippen LogP contribution in [-0.2, 0) is 0 Å². The number of hydrogen-bond donors (Lipinski definition) is 2. The summed E-state index contributed by atoms with van der Waals surface area (Å²) < 4.78 is 0. The lowest BCUT2D eigenvalue weighted by atomic mass is 9.97. The van der Waals surface area contributed by atoms with Gasteiger partial charge in [0.25, 0.3) is 0 Å². The van der Waals surface area contributed by atoms with Gasteiger partial charge in [0.1, 0.15) is 0 Å². The molecule has 0 saturated heterocycles. The van der Waals surface area contributed by atoms with E-state index in [1.54, 1.807) is 0 Å². The minimum Gasteiger partial charge on any atom is -0.351 e. The number of aromatic nitrogens is 3. The smallest absolute Gasteiger partial charge is 0.229 e. The Labute approximate surface area is 169 Å². The maximum Gasteiger partial charge on any atom is 0.229 e.